The minimum atomic E-state index is -0.944. The number of fused-ring (bicyclic) bond motifs is 4. The molecule has 79 heavy (non-hydrogen) atoms. The summed E-state index contributed by atoms with van der Waals surface area (Å²) < 4.78 is 44.1. The topological polar surface area (TPSA) is 222 Å². The number of aromatic nitrogens is 13. The number of hydrogen-bond donors (Lipinski definition) is 1. The van der Waals surface area contributed by atoms with Crippen LogP contribution in [0.2, 0.25) is 0 Å². The quantitative estimate of drug-likeness (QED) is 0.113. The summed E-state index contributed by atoms with van der Waals surface area (Å²) in [5, 5.41) is 11.2. The number of carbonyl (C=O) groups excluding carboxylic acids is 2. The Kier molecular flexibility index (Phi) is 14.3. The maximum atomic E-state index is 15.5. The molecule has 2 amide bonds. The van der Waals surface area contributed by atoms with E-state index in [0.29, 0.717) is 109 Å². The van der Waals surface area contributed by atoms with E-state index in [4.69, 9.17) is 19.4 Å². The Labute approximate surface area is 449 Å². The van der Waals surface area contributed by atoms with Crippen LogP contribution in [0.1, 0.15) is 53.2 Å². The number of aryl methyl sites for hydroxylation is 1. The molecule has 0 aliphatic carbocycles. The van der Waals surface area contributed by atoms with Crippen molar-refractivity contribution in [3.8, 4) is 23.0 Å². The molecule has 10 heterocycles. The molecule has 2 aliphatic rings. The summed E-state index contributed by atoms with van der Waals surface area (Å²) in [5.41, 5.74) is 9.91. The fraction of sp³-hybridized carbons (Fsp3) is 0.175. The Morgan fingerprint density at radius 3 is 2.15 bits per heavy atom. The number of rotatable bonds is 12. The molecular weight excluding hydrogens is 1010 g/mol. The van der Waals surface area contributed by atoms with Gasteiger partial charge in [-0.1, -0.05) is 37.4 Å². The molecule has 0 fully saturated rings. The summed E-state index contributed by atoms with van der Waals surface area (Å²) >= 11 is 0. The fourth-order valence-corrected chi connectivity index (χ4v) is 9.18. The molecule has 2 aromatic carbocycles. The van der Waals surface area contributed by atoms with Gasteiger partial charge in [0.2, 0.25) is 5.91 Å². The molecule has 2 aliphatic heterocycles. The second-order valence-corrected chi connectivity index (χ2v) is 18.5. The molecule has 10 aromatic rings. The Bertz CT molecular complexity index is 4100. The van der Waals surface area contributed by atoms with Crippen LogP contribution in [0, 0.1) is 19.7 Å². The molecule has 0 saturated heterocycles. The number of nitrogens with one attached hydrogen (secondary N) is 1. The van der Waals surface area contributed by atoms with Gasteiger partial charge in [0.15, 0.2) is 34.6 Å². The Balaban J connectivity index is 0.000000167. The molecule has 394 valence electrons. The first-order valence-electron chi connectivity index (χ1n) is 25.1. The van der Waals surface area contributed by atoms with Crippen molar-refractivity contribution in [1.29, 1.82) is 0 Å². The number of carbonyl (C=O) groups is 2. The summed E-state index contributed by atoms with van der Waals surface area (Å²) in [7, 11) is 0. The van der Waals surface area contributed by atoms with E-state index in [9.17, 15) is 14.0 Å². The van der Waals surface area contributed by atoms with E-state index in [1.165, 1.54) is 30.0 Å². The van der Waals surface area contributed by atoms with Crippen molar-refractivity contribution in [3.05, 3.63) is 188 Å². The van der Waals surface area contributed by atoms with Crippen molar-refractivity contribution in [1.82, 2.24) is 73.9 Å². The zero-order valence-corrected chi connectivity index (χ0v) is 42.8. The molecule has 0 atom stereocenters. The molecule has 0 radical (unpaired) electrons. The van der Waals surface area contributed by atoms with E-state index >= 15 is 4.39 Å². The van der Waals surface area contributed by atoms with Gasteiger partial charge in [0.1, 0.15) is 64.9 Å². The Morgan fingerprint density at radius 1 is 0.722 bits per heavy atom. The highest BCUT2D eigenvalue weighted by Crippen LogP contribution is 2.34. The summed E-state index contributed by atoms with van der Waals surface area (Å²) in [6, 6.07) is 20.3. The molecule has 0 unspecified atom stereocenters. The lowest BCUT2D eigenvalue weighted by Crippen LogP contribution is -2.34. The highest BCUT2D eigenvalue weighted by molar-refractivity contribution is 5.91. The number of amides is 2. The molecule has 20 nitrogen and oxygen atoms in total. The van der Waals surface area contributed by atoms with Gasteiger partial charge in [0.25, 0.3) is 5.91 Å². The summed E-state index contributed by atoms with van der Waals surface area (Å²) in [6.45, 7) is 12.2. The zero-order valence-electron chi connectivity index (χ0n) is 42.8. The number of anilines is 2. The standard InChI is InChI=1S/C29H24FN7O2.C28H24FN9O2/c1-18-13-20(3-6-26(18)39-22-9-12-37-27(15-22)33-17-34-37)14-25-28-24(31-16-32-25)5-4-23(35-28)21-7-10-36(11-8-21)29(38)19(2)30;1-3-24(39)37-10-4-5-18(8-11-37)27-30-14-21-26(36-27)28(33-15-31-21)35-20-6-7-22(17(2)25(20)29)40-19-9-12-38-23(13-19)32-16-34-38/h3-7,9,12-13,15-17H,2,8,10-11,14H2,1H3;3,5-7,9,12-16H,1,4,8,10-11H2,2H3,(H,31,33,35). The number of benzene rings is 2. The molecule has 0 saturated carbocycles. The largest absolute Gasteiger partial charge is 0.457 e. The van der Waals surface area contributed by atoms with E-state index in [1.807, 2.05) is 61.7 Å². The predicted octanol–water partition coefficient (Wildman–Crippen LogP) is 9.50. The van der Waals surface area contributed by atoms with Gasteiger partial charge in [-0.3, -0.25) is 9.59 Å². The van der Waals surface area contributed by atoms with Crippen molar-refractivity contribution in [2.24, 2.45) is 0 Å². The minimum Gasteiger partial charge on any atom is -0.457 e. The maximum Gasteiger partial charge on any atom is 0.282 e. The van der Waals surface area contributed by atoms with Crippen molar-refractivity contribution in [2.75, 3.05) is 31.5 Å². The lowest BCUT2D eigenvalue weighted by atomic mass is 10.0. The third-order valence-corrected chi connectivity index (χ3v) is 13.4. The van der Waals surface area contributed by atoms with E-state index in [2.05, 4.69) is 69.6 Å². The third-order valence-electron chi connectivity index (χ3n) is 13.4. The fourth-order valence-electron chi connectivity index (χ4n) is 9.18. The molecule has 8 aromatic heterocycles. The van der Waals surface area contributed by atoms with Crippen molar-refractivity contribution in [2.45, 2.75) is 39.5 Å². The van der Waals surface area contributed by atoms with E-state index in [0.717, 1.165) is 50.4 Å². The number of hydrogen-bond acceptors (Lipinski definition) is 16. The maximum absolute atomic E-state index is 15.5. The third kappa shape index (κ3) is 11.1. The molecule has 0 spiro atoms. The monoisotopic (exact) mass is 1060 g/mol. The number of nitrogens with zero attached hydrogens (tertiary/aromatic N) is 15. The average molecular weight is 1060 g/mol. The zero-order chi connectivity index (χ0) is 54.6. The lowest BCUT2D eigenvalue weighted by molar-refractivity contribution is -0.128. The second-order valence-electron chi connectivity index (χ2n) is 18.5. The number of ether oxygens (including phenoxy) is 2. The van der Waals surface area contributed by atoms with Crippen LogP contribution in [0.15, 0.2) is 148 Å². The van der Waals surface area contributed by atoms with Gasteiger partial charge in [-0.2, -0.15) is 10.2 Å². The predicted molar refractivity (Wildman–Crippen MR) is 290 cm³/mol. The molecule has 0 bridgehead atoms. The normalized spacial score (nSPS) is 13.6. The smallest absolute Gasteiger partial charge is 0.282 e. The first-order chi connectivity index (χ1) is 38.4. The SMILES string of the molecule is C=C(F)C(=O)N1CC=C(c2ccc3ncnc(Cc4ccc(Oc5ccn6ncnc6c5)c(C)c4)c3n2)CC1.C=CC(=O)N1CCC=C(c2ncc3ncnc(Nc4ccc(Oc5ccn6ncnc6c5)c(C)c4F)c3n2)CC1. The van der Waals surface area contributed by atoms with Crippen LogP contribution in [0.4, 0.5) is 20.3 Å². The molecule has 12 rings (SSSR count). The van der Waals surface area contributed by atoms with Gasteiger partial charge < -0.3 is 24.6 Å². The Hall–Kier alpha value is -10.3. The first-order valence-corrected chi connectivity index (χ1v) is 25.1. The van der Waals surface area contributed by atoms with Gasteiger partial charge in [0, 0.05) is 62.7 Å². The van der Waals surface area contributed by atoms with E-state index in [-0.39, 0.29) is 11.6 Å². The van der Waals surface area contributed by atoms with E-state index in [1.54, 1.807) is 63.8 Å². The highest BCUT2D eigenvalue weighted by Gasteiger charge is 2.23. The lowest BCUT2D eigenvalue weighted by Gasteiger charge is -2.25. The van der Waals surface area contributed by atoms with Crippen molar-refractivity contribution >= 4 is 67.8 Å². The Morgan fingerprint density at radius 2 is 1.43 bits per heavy atom. The van der Waals surface area contributed by atoms with Gasteiger partial charge in [-0.15, -0.1) is 0 Å². The molecular formula is C57H48F2N16O4. The van der Waals surface area contributed by atoms with Crippen LogP contribution < -0.4 is 14.8 Å². The van der Waals surface area contributed by atoms with Crippen LogP contribution in [0.3, 0.4) is 0 Å². The van der Waals surface area contributed by atoms with Gasteiger partial charge in [-0.05, 0) is 104 Å². The van der Waals surface area contributed by atoms with E-state index < -0.39 is 17.6 Å². The summed E-state index contributed by atoms with van der Waals surface area (Å²) in [5.74, 6) is 0.982. The summed E-state index contributed by atoms with van der Waals surface area (Å²) in [6.07, 6.45) is 18.7. The van der Waals surface area contributed by atoms with Crippen molar-refractivity contribution in [3.63, 3.8) is 0 Å². The molecule has 22 heteroatoms. The van der Waals surface area contributed by atoms with Gasteiger partial charge in [-0.25, -0.2) is 62.7 Å². The van der Waals surface area contributed by atoms with Crippen LogP contribution in [0.25, 0.3) is 44.5 Å². The van der Waals surface area contributed by atoms with Crippen LogP contribution in [0.5, 0.6) is 23.0 Å². The molecule has 1 N–H and O–H groups in total. The second kappa shape index (κ2) is 22.1. The summed E-state index contributed by atoms with van der Waals surface area (Å²) in [4.78, 5) is 67.1. The average Bonchev–Trinajstić information content (AvgIpc) is 4.14. The number of halogens is 2. The minimum absolute atomic E-state index is 0.0981. The van der Waals surface area contributed by atoms with Crippen LogP contribution in [-0.4, -0.2) is 112 Å². The van der Waals surface area contributed by atoms with Crippen molar-refractivity contribution < 1.29 is 27.8 Å². The number of pyridine rings is 3. The van der Waals surface area contributed by atoms with Crippen LogP contribution in [-0.2, 0) is 16.0 Å². The van der Waals surface area contributed by atoms with Gasteiger partial charge >= 0.3 is 0 Å². The van der Waals surface area contributed by atoms with Gasteiger partial charge in [0.05, 0.1) is 28.8 Å². The first kappa shape index (κ1) is 50.9. The highest BCUT2D eigenvalue weighted by atomic mass is 19.1. The van der Waals surface area contributed by atoms with Crippen LogP contribution >= 0.6 is 0 Å².